The van der Waals surface area contributed by atoms with Crippen LogP contribution in [0.25, 0.3) is 0 Å². The average Bonchev–Trinajstić information content (AvgIpc) is 2.48. The lowest BCUT2D eigenvalue weighted by Gasteiger charge is -2.32. The van der Waals surface area contributed by atoms with Crippen LogP contribution in [0.5, 0.6) is 0 Å². The Hall–Kier alpha value is -1.39. The van der Waals surface area contributed by atoms with Gasteiger partial charge in [-0.3, -0.25) is 0 Å². The van der Waals surface area contributed by atoms with Gasteiger partial charge < -0.3 is 15.2 Å². The molecule has 1 aromatic carbocycles. The smallest absolute Gasteiger partial charge is 0.335 e. The first-order chi connectivity index (χ1) is 10.1. The maximum absolute atomic E-state index is 10.8. The third kappa shape index (κ3) is 4.83. The molecule has 4 heteroatoms. The Morgan fingerprint density at radius 1 is 1.38 bits per heavy atom. The highest BCUT2D eigenvalue weighted by Gasteiger charge is 2.24. The molecule has 116 valence electrons. The summed E-state index contributed by atoms with van der Waals surface area (Å²) in [5.74, 6) is 0.372. The first-order valence-corrected chi connectivity index (χ1v) is 7.71. The number of rotatable bonds is 6. The number of hydrogen-bond donors (Lipinski definition) is 2. The summed E-state index contributed by atoms with van der Waals surface area (Å²) in [5.41, 5.74) is 1.45. The van der Waals surface area contributed by atoms with Gasteiger partial charge >= 0.3 is 5.97 Å². The van der Waals surface area contributed by atoms with Gasteiger partial charge in [-0.05, 0) is 48.9 Å². The van der Waals surface area contributed by atoms with E-state index in [2.05, 4.69) is 19.2 Å². The average molecular weight is 291 g/mol. The minimum atomic E-state index is -0.878. The summed E-state index contributed by atoms with van der Waals surface area (Å²) >= 11 is 0. The van der Waals surface area contributed by atoms with Gasteiger partial charge in [-0.25, -0.2) is 4.79 Å². The van der Waals surface area contributed by atoms with Crippen molar-refractivity contribution in [3.8, 4) is 0 Å². The molecule has 2 atom stereocenters. The fourth-order valence-electron chi connectivity index (χ4n) is 2.74. The standard InChI is InChI=1S/C17H25NO3/c1-12(2)16-9-14(7-8-21-16)11-18-10-13-3-5-15(6-4-13)17(19)20/h3-6,12,14,16,18H,7-11H2,1-2H3,(H,19,20)/t14-,16-/m0/s1. The maximum atomic E-state index is 10.8. The SMILES string of the molecule is CC(C)[C@@H]1C[C@@H](CNCc2ccc(C(=O)O)cc2)CCO1. The summed E-state index contributed by atoms with van der Waals surface area (Å²) in [6.45, 7) is 7.06. The van der Waals surface area contributed by atoms with Crippen LogP contribution in [0.4, 0.5) is 0 Å². The van der Waals surface area contributed by atoms with Crippen LogP contribution in [0.15, 0.2) is 24.3 Å². The van der Waals surface area contributed by atoms with Gasteiger partial charge in [-0.2, -0.15) is 0 Å². The molecule has 0 aliphatic carbocycles. The largest absolute Gasteiger partial charge is 0.478 e. The summed E-state index contributed by atoms with van der Waals surface area (Å²) in [7, 11) is 0. The predicted octanol–water partition coefficient (Wildman–Crippen LogP) is 2.93. The number of carbonyl (C=O) groups is 1. The van der Waals surface area contributed by atoms with Crippen LogP contribution in [0.1, 0.15) is 42.6 Å². The molecule has 1 fully saturated rings. The van der Waals surface area contributed by atoms with Crippen molar-refractivity contribution in [3.05, 3.63) is 35.4 Å². The van der Waals surface area contributed by atoms with E-state index >= 15 is 0 Å². The van der Waals surface area contributed by atoms with E-state index < -0.39 is 5.97 Å². The van der Waals surface area contributed by atoms with Crippen LogP contribution in [-0.2, 0) is 11.3 Å². The van der Waals surface area contributed by atoms with Gasteiger partial charge in [-0.1, -0.05) is 26.0 Å². The Morgan fingerprint density at radius 3 is 2.71 bits per heavy atom. The lowest BCUT2D eigenvalue weighted by atomic mass is 9.90. The Labute approximate surface area is 126 Å². The molecule has 2 rings (SSSR count). The van der Waals surface area contributed by atoms with Crippen LogP contribution in [0.2, 0.25) is 0 Å². The number of ether oxygens (including phenoxy) is 1. The first kappa shape index (κ1) is 16.0. The molecule has 0 saturated carbocycles. The van der Waals surface area contributed by atoms with Gasteiger partial charge in [0.2, 0.25) is 0 Å². The molecule has 4 nitrogen and oxygen atoms in total. The van der Waals surface area contributed by atoms with E-state index in [4.69, 9.17) is 9.84 Å². The minimum absolute atomic E-state index is 0.336. The fourth-order valence-corrected chi connectivity index (χ4v) is 2.74. The summed E-state index contributed by atoms with van der Waals surface area (Å²) < 4.78 is 5.79. The fraction of sp³-hybridized carbons (Fsp3) is 0.588. The molecule has 0 amide bonds. The summed E-state index contributed by atoms with van der Waals surface area (Å²) in [6.07, 6.45) is 2.64. The molecule has 1 saturated heterocycles. The molecule has 1 aliphatic rings. The summed E-state index contributed by atoms with van der Waals surface area (Å²) in [5, 5.41) is 12.3. The molecule has 21 heavy (non-hydrogen) atoms. The van der Waals surface area contributed by atoms with Crippen molar-refractivity contribution >= 4 is 5.97 Å². The van der Waals surface area contributed by atoms with Gasteiger partial charge in [0.05, 0.1) is 11.7 Å². The normalized spacial score (nSPS) is 22.4. The Kier molecular flexibility index (Phi) is 5.76. The zero-order valence-corrected chi connectivity index (χ0v) is 12.8. The number of carboxylic acid groups (broad SMARTS) is 1. The van der Waals surface area contributed by atoms with Gasteiger partial charge in [0.15, 0.2) is 0 Å². The molecule has 0 spiro atoms. The van der Waals surface area contributed by atoms with Crippen molar-refractivity contribution in [2.24, 2.45) is 11.8 Å². The molecule has 1 aliphatic heterocycles. The molecule has 0 radical (unpaired) electrons. The van der Waals surface area contributed by atoms with E-state index in [1.807, 2.05) is 12.1 Å². The maximum Gasteiger partial charge on any atom is 0.335 e. The number of benzene rings is 1. The van der Waals surface area contributed by atoms with E-state index in [-0.39, 0.29) is 0 Å². The molecular weight excluding hydrogens is 266 g/mol. The second kappa shape index (κ2) is 7.57. The first-order valence-electron chi connectivity index (χ1n) is 7.71. The molecule has 2 N–H and O–H groups in total. The minimum Gasteiger partial charge on any atom is -0.478 e. The quantitative estimate of drug-likeness (QED) is 0.846. The van der Waals surface area contributed by atoms with Gasteiger partial charge in [-0.15, -0.1) is 0 Å². The van der Waals surface area contributed by atoms with E-state index in [1.165, 1.54) is 0 Å². The Morgan fingerprint density at radius 2 is 2.10 bits per heavy atom. The van der Waals surface area contributed by atoms with Crippen LogP contribution in [-0.4, -0.2) is 30.3 Å². The van der Waals surface area contributed by atoms with Crippen molar-refractivity contribution in [2.45, 2.75) is 39.3 Å². The molecule has 0 aromatic heterocycles. The Bertz CT molecular complexity index is 456. The van der Waals surface area contributed by atoms with Crippen LogP contribution >= 0.6 is 0 Å². The van der Waals surface area contributed by atoms with Crippen molar-refractivity contribution in [3.63, 3.8) is 0 Å². The van der Waals surface area contributed by atoms with Gasteiger partial charge in [0, 0.05) is 13.2 Å². The van der Waals surface area contributed by atoms with Crippen molar-refractivity contribution in [2.75, 3.05) is 13.2 Å². The second-order valence-electron chi connectivity index (χ2n) is 6.18. The lowest BCUT2D eigenvalue weighted by Crippen LogP contribution is -2.34. The molecule has 0 bridgehead atoms. The highest BCUT2D eigenvalue weighted by molar-refractivity contribution is 5.87. The number of hydrogen-bond acceptors (Lipinski definition) is 3. The van der Waals surface area contributed by atoms with E-state index in [1.54, 1.807) is 12.1 Å². The van der Waals surface area contributed by atoms with Crippen molar-refractivity contribution in [1.29, 1.82) is 0 Å². The summed E-state index contributed by atoms with van der Waals surface area (Å²) in [4.78, 5) is 10.8. The highest BCUT2D eigenvalue weighted by Crippen LogP contribution is 2.24. The topological polar surface area (TPSA) is 58.6 Å². The van der Waals surface area contributed by atoms with Crippen LogP contribution in [0, 0.1) is 11.8 Å². The van der Waals surface area contributed by atoms with Gasteiger partial charge in [0.1, 0.15) is 0 Å². The highest BCUT2D eigenvalue weighted by atomic mass is 16.5. The predicted molar refractivity (Wildman–Crippen MR) is 82.4 cm³/mol. The zero-order chi connectivity index (χ0) is 15.2. The third-order valence-corrected chi connectivity index (χ3v) is 4.13. The monoisotopic (exact) mass is 291 g/mol. The van der Waals surface area contributed by atoms with Crippen LogP contribution < -0.4 is 5.32 Å². The Balaban J connectivity index is 1.75. The molecule has 1 aromatic rings. The van der Waals surface area contributed by atoms with Gasteiger partial charge in [0.25, 0.3) is 0 Å². The third-order valence-electron chi connectivity index (χ3n) is 4.13. The second-order valence-corrected chi connectivity index (χ2v) is 6.18. The van der Waals surface area contributed by atoms with E-state index in [0.717, 1.165) is 38.1 Å². The lowest BCUT2D eigenvalue weighted by molar-refractivity contribution is -0.0336. The number of carboxylic acids is 1. The van der Waals surface area contributed by atoms with Crippen molar-refractivity contribution < 1.29 is 14.6 Å². The van der Waals surface area contributed by atoms with E-state index in [9.17, 15) is 4.79 Å². The number of aromatic carboxylic acids is 1. The summed E-state index contributed by atoms with van der Waals surface area (Å²) in [6, 6.07) is 7.06. The van der Waals surface area contributed by atoms with Crippen molar-refractivity contribution in [1.82, 2.24) is 5.32 Å². The van der Waals surface area contributed by atoms with Crippen LogP contribution in [0.3, 0.4) is 0 Å². The van der Waals surface area contributed by atoms with E-state index in [0.29, 0.717) is 23.5 Å². The molecule has 0 unspecified atom stereocenters. The number of nitrogens with one attached hydrogen (secondary N) is 1. The zero-order valence-electron chi connectivity index (χ0n) is 12.8. The molecular formula is C17H25NO3. The molecule has 1 heterocycles.